The summed E-state index contributed by atoms with van der Waals surface area (Å²) in [5.74, 6) is 0.878. The standard InChI is InChI=1S/C19H26N4O2S2/c24-17(20-8-7-15-5-2-1-3-6-15)13-22-9-4-10-23(12-11-22)18(25)16-14-27-19(26)21-16/h1-3,5-6,16H,4,7-14H2,(H,20,24)(H,21,26). The third-order valence-electron chi connectivity index (χ3n) is 4.82. The van der Waals surface area contributed by atoms with Crippen LogP contribution in [0.15, 0.2) is 30.3 Å². The zero-order valence-electron chi connectivity index (χ0n) is 15.4. The Kier molecular flexibility index (Phi) is 7.49. The fourth-order valence-electron chi connectivity index (χ4n) is 3.34. The van der Waals surface area contributed by atoms with Crippen molar-refractivity contribution in [2.24, 2.45) is 0 Å². The van der Waals surface area contributed by atoms with Crippen molar-refractivity contribution in [1.29, 1.82) is 0 Å². The van der Waals surface area contributed by atoms with Gasteiger partial charge in [-0.1, -0.05) is 54.3 Å². The molecule has 2 N–H and O–H groups in total. The minimum atomic E-state index is -0.199. The number of hydrogen-bond acceptors (Lipinski definition) is 5. The van der Waals surface area contributed by atoms with E-state index in [-0.39, 0.29) is 17.9 Å². The highest BCUT2D eigenvalue weighted by Gasteiger charge is 2.30. The smallest absolute Gasteiger partial charge is 0.246 e. The molecule has 6 nitrogen and oxygen atoms in total. The predicted octanol–water partition coefficient (Wildman–Crippen LogP) is 0.870. The lowest BCUT2D eigenvalue weighted by Crippen LogP contribution is -2.47. The number of thioether (sulfide) groups is 1. The number of thiocarbonyl (C=S) groups is 1. The average molecular weight is 407 g/mol. The summed E-state index contributed by atoms with van der Waals surface area (Å²) in [6.07, 6.45) is 1.72. The quantitative estimate of drug-likeness (QED) is 0.684. The van der Waals surface area contributed by atoms with E-state index in [1.807, 2.05) is 23.1 Å². The first-order chi connectivity index (χ1) is 13.1. The van der Waals surface area contributed by atoms with Gasteiger partial charge in [0.25, 0.3) is 0 Å². The number of amides is 2. The number of benzene rings is 1. The Bertz CT molecular complexity index is 671. The van der Waals surface area contributed by atoms with Gasteiger partial charge in [0.2, 0.25) is 11.8 Å². The molecule has 0 spiro atoms. The van der Waals surface area contributed by atoms with Crippen LogP contribution in [0.4, 0.5) is 0 Å². The number of carbonyl (C=O) groups is 2. The first-order valence-corrected chi connectivity index (χ1v) is 10.8. The predicted molar refractivity (Wildman–Crippen MR) is 113 cm³/mol. The molecule has 0 saturated carbocycles. The second kappa shape index (κ2) is 10.1. The Morgan fingerprint density at radius 1 is 1.19 bits per heavy atom. The van der Waals surface area contributed by atoms with Gasteiger partial charge in [-0.15, -0.1) is 0 Å². The van der Waals surface area contributed by atoms with E-state index >= 15 is 0 Å². The van der Waals surface area contributed by atoms with Gasteiger partial charge in [-0.25, -0.2) is 0 Å². The van der Waals surface area contributed by atoms with E-state index in [1.54, 1.807) is 0 Å². The summed E-state index contributed by atoms with van der Waals surface area (Å²) in [6.45, 7) is 3.99. The van der Waals surface area contributed by atoms with Crippen molar-refractivity contribution in [3.8, 4) is 0 Å². The van der Waals surface area contributed by atoms with Gasteiger partial charge >= 0.3 is 0 Å². The van der Waals surface area contributed by atoms with Crippen LogP contribution in [0.5, 0.6) is 0 Å². The van der Waals surface area contributed by atoms with Crippen molar-refractivity contribution in [3.05, 3.63) is 35.9 Å². The minimum Gasteiger partial charge on any atom is -0.359 e. The van der Waals surface area contributed by atoms with Crippen LogP contribution < -0.4 is 10.6 Å². The molecule has 8 heteroatoms. The Balaban J connectivity index is 1.38. The van der Waals surface area contributed by atoms with Crippen molar-refractivity contribution in [2.75, 3.05) is 45.0 Å². The molecule has 1 atom stereocenters. The number of hydrogen-bond donors (Lipinski definition) is 2. The van der Waals surface area contributed by atoms with Crippen LogP contribution in [0.1, 0.15) is 12.0 Å². The van der Waals surface area contributed by atoms with Gasteiger partial charge in [-0.2, -0.15) is 0 Å². The lowest BCUT2D eigenvalue weighted by molar-refractivity contribution is -0.132. The van der Waals surface area contributed by atoms with E-state index < -0.39 is 0 Å². The van der Waals surface area contributed by atoms with E-state index in [0.29, 0.717) is 29.7 Å². The zero-order valence-corrected chi connectivity index (χ0v) is 17.0. The van der Waals surface area contributed by atoms with E-state index in [0.717, 1.165) is 32.5 Å². The topological polar surface area (TPSA) is 64.7 Å². The third-order valence-corrected chi connectivity index (χ3v) is 6.17. The van der Waals surface area contributed by atoms with E-state index in [2.05, 4.69) is 27.7 Å². The van der Waals surface area contributed by atoms with Gasteiger partial charge in [-0.05, 0) is 18.4 Å². The minimum absolute atomic E-state index is 0.0462. The summed E-state index contributed by atoms with van der Waals surface area (Å²) in [6, 6.07) is 9.94. The summed E-state index contributed by atoms with van der Waals surface area (Å²) in [4.78, 5) is 28.8. The second-order valence-electron chi connectivity index (χ2n) is 6.84. The molecular formula is C19H26N4O2S2. The normalized spacial score (nSPS) is 20.8. The lowest BCUT2D eigenvalue weighted by atomic mass is 10.1. The molecule has 2 fully saturated rings. The highest BCUT2D eigenvalue weighted by atomic mass is 32.2. The first kappa shape index (κ1) is 20.1. The molecule has 2 heterocycles. The van der Waals surface area contributed by atoms with Crippen molar-refractivity contribution in [1.82, 2.24) is 20.4 Å². The molecule has 0 radical (unpaired) electrons. The molecule has 1 unspecified atom stereocenters. The second-order valence-corrected chi connectivity index (χ2v) is 8.53. The maximum absolute atomic E-state index is 12.6. The van der Waals surface area contributed by atoms with Gasteiger partial charge < -0.3 is 15.5 Å². The van der Waals surface area contributed by atoms with Crippen LogP contribution in [0.3, 0.4) is 0 Å². The van der Waals surface area contributed by atoms with Crippen molar-refractivity contribution in [2.45, 2.75) is 18.9 Å². The van der Waals surface area contributed by atoms with Gasteiger partial charge in [-0.3, -0.25) is 14.5 Å². The van der Waals surface area contributed by atoms with Crippen LogP contribution in [-0.4, -0.2) is 77.0 Å². The van der Waals surface area contributed by atoms with Crippen molar-refractivity contribution in [3.63, 3.8) is 0 Å². The van der Waals surface area contributed by atoms with Gasteiger partial charge in [0.05, 0.1) is 6.54 Å². The van der Waals surface area contributed by atoms with Crippen LogP contribution in [0, 0.1) is 0 Å². The molecule has 146 valence electrons. The summed E-state index contributed by atoms with van der Waals surface area (Å²) >= 11 is 6.63. The highest BCUT2D eigenvalue weighted by Crippen LogP contribution is 2.16. The first-order valence-electron chi connectivity index (χ1n) is 9.37. The summed E-state index contributed by atoms with van der Waals surface area (Å²) in [7, 11) is 0. The molecule has 1 aromatic carbocycles. The molecule has 2 amide bonds. The van der Waals surface area contributed by atoms with Gasteiger partial charge in [0, 0.05) is 38.5 Å². The van der Waals surface area contributed by atoms with Crippen molar-refractivity contribution < 1.29 is 9.59 Å². The number of nitrogens with zero attached hydrogens (tertiary/aromatic N) is 2. The van der Waals surface area contributed by atoms with Gasteiger partial charge in [0.15, 0.2) is 0 Å². The Hall–Kier alpha value is -1.64. The van der Waals surface area contributed by atoms with E-state index in [1.165, 1.54) is 17.3 Å². The number of rotatable bonds is 6. The summed E-state index contributed by atoms with van der Waals surface area (Å²) in [5.41, 5.74) is 1.22. The fraction of sp³-hybridized carbons (Fsp3) is 0.526. The SMILES string of the molecule is O=C(CN1CCCN(C(=O)C2CSC(=S)N2)CC1)NCCc1ccccc1. The number of nitrogens with one attached hydrogen (secondary N) is 2. The fourth-order valence-corrected chi connectivity index (χ4v) is 4.45. The van der Waals surface area contributed by atoms with Crippen LogP contribution >= 0.6 is 24.0 Å². The van der Waals surface area contributed by atoms with Crippen LogP contribution in [-0.2, 0) is 16.0 Å². The monoisotopic (exact) mass is 406 g/mol. The Morgan fingerprint density at radius 3 is 2.74 bits per heavy atom. The Morgan fingerprint density at radius 2 is 2.00 bits per heavy atom. The van der Waals surface area contributed by atoms with Crippen LogP contribution in [0.25, 0.3) is 0 Å². The average Bonchev–Trinajstić information content (AvgIpc) is 2.97. The summed E-state index contributed by atoms with van der Waals surface area (Å²) < 4.78 is 0.706. The number of carbonyl (C=O) groups excluding carboxylic acids is 2. The molecule has 0 bridgehead atoms. The maximum Gasteiger partial charge on any atom is 0.246 e. The molecule has 0 aliphatic carbocycles. The van der Waals surface area contributed by atoms with E-state index in [9.17, 15) is 9.59 Å². The molecule has 2 aliphatic rings. The zero-order chi connectivity index (χ0) is 19.1. The molecule has 1 aromatic rings. The van der Waals surface area contributed by atoms with Crippen molar-refractivity contribution >= 4 is 40.1 Å². The lowest BCUT2D eigenvalue weighted by Gasteiger charge is -2.24. The molecule has 2 saturated heterocycles. The highest BCUT2D eigenvalue weighted by molar-refractivity contribution is 8.23. The molecule has 3 rings (SSSR count). The molecule has 2 aliphatic heterocycles. The third kappa shape index (κ3) is 6.19. The molecular weight excluding hydrogens is 380 g/mol. The Labute approximate surface area is 170 Å². The maximum atomic E-state index is 12.6. The van der Waals surface area contributed by atoms with Crippen LogP contribution in [0.2, 0.25) is 0 Å². The molecule has 0 aromatic heterocycles. The summed E-state index contributed by atoms with van der Waals surface area (Å²) in [5, 5.41) is 6.07. The van der Waals surface area contributed by atoms with Gasteiger partial charge in [0.1, 0.15) is 10.4 Å². The van der Waals surface area contributed by atoms with E-state index in [4.69, 9.17) is 12.2 Å². The largest absolute Gasteiger partial charge is 0.359 e. The molecule has 27 heavy (non-hydrogen) atoms.